The van der Waals surface area contributed by atoms with Crippen LogP contribution in [0.25, 0.3) is 0 Å². The molecule has 1 heterocycles. The topological polar surface area (TPSA) is 40.2 Å². The minimum Gasteiger partial charge on any atom is -0.496 e. The maximum absolute atomic E-state index is 5.62. The molecular formula is C15H20N2O. The van der Waals surface area contributed by atoms with Gasteiger partial charge in [-0.1, -0.05) is 17.7 Å². The molecular weight excluding hydrogens is 224 g/mol. The van der Waals surface area contributed by atoms with Crippen LogP contribution in [0.5, 0.6) is 5.75 Å². The number of ether oxygens (including phenoxy) is 1. The number of hydrogen-bond donors (Lipinski definition) is 1. The molecule has 0 spiro atoms. The molecule has 2 aromatic rings. The molecule has 0 atom stereocenters. The van der Waals surface area contributed by atoms with Gasteiger partial charge in [0.2, 0.25) is 0 Å². The first-order valence-corrected chi connectivity index (χ1v) is 6.22. The Hall–Kier alpha value is -1.74. The highest BCUT2D eigenvalue weighted by Crippen LogP contribution is 2.21. The predicted molar refractivity (Wildman–Crippen MR) is 74.0 cm³/mol. The van der Waals surface area contributed by atoms with Gasteiger partial charge in [0.1, 0.15) is 5.75 Å². The van der Waals surface area contributed by atoms with Crippen molar-refractivity contribution < 1.29 is 4.74 Å². The molecule has 0 radical (unpaired) electrons. The Bertz CT molecular complexity index is 517. The molecule has 96 valence electrons. The van der Waals surface area contributed by atoms with E-state index in [0.29, 0.717) is 6.54 Å². The number of aromatic nitrogens is 1. The summed E-state index contributed by atoms with van der Waals surface area (Å²) in [6.07, 6.45) is 2.99. The van der Waals surface area contributed by atoms with Crippen LogP contribution in [-0.4, -0.2) is 18.2 Å². The number of rotatable bonds is 5. The number of methoxy groups -OCH3 is 1. The van der Waals surface area contributed by atoms with Crippen LogP contribution >= 0.6 is 0 Å². The largest absolute Gasteiger partial charge is 0.496 e. The van der Waals surface area contributed by atoms with E-state index in [1.54, 1.807) is 7.11 Å². The lowest BCUT2D eigenvalue weighted by Gasteiger charge is -2.13. The lowest BCUT2D eigenvalue weighted by molar-refractivity contribution is 0.408. The fourth-order valence-corrected chi connectivity index (χ4v) is 2.19. The highest BCUT2D eigenvalue weighted by Gasteiger charge is 2.06. The molecule has 0 aliphatic heterocycles. The minimum absolute atomic E-state index is 0.676. The maximum Gasteiger partial charge on any atom is 0.123 e. The number of nitrogens with zero attached hydrogens (tertiary/aromatic N) is 1. The third-order valence-electron chi connectivity index (χ3n) is 3.10. The van der Waals surface area contributed by atoms with Crippen molar-refractivity contribution in [3.63, 3.8) is 0 Å². The first-order chi connectivity index (χ1) is 8.74. The van der Waals surface area contributed by atoms with Crippen LogP contribution in [0.3, 0.4) is 0 Å². The van der Waals surface area contributed by atoms with Gasteiger partial charge in [-0.3, -0.25) is 0 Å². The van der Waals surface area contributed by atoms with Crippen LogP contribution in [0.4, 0.5) is 0 Å². The van der Waals surface area contributed by atoms with Gasteiger partial charge in [-0.25, -0.2) is 0 Å². The molecule has 0 aliphatic carbocycles. The molecule has 0 amide bonds. The second-order valence-corrected chi connectivity index (χ2v) is 4.48. The van der Waals surface area contributed by atoms with E-state index in [1.165, 1.54) is 16.8 Å². The molecule has 0 fully saturated rings. The van der Waals surface area contributed by atoms with Crippen molar-refractivity contribution in [1.29, 1.82) is 0 Å². The third-order valence-corrected chi connectivity index (χ3v) is 3.10. The Balaban J connectivity index is 2.27. The Labute approximate surface area is 108 Å². The fraction of sp³-hybridized carbons (Fsp3) is 0.333. The van der Waals surface area contributed by atoms with E-state index in [-0.39, 0.29) is 0 Å². The van der Waals surface area contributed by atoms with Crippen molar-refractivity contribution in [3.8, 4) is 5.75 Å². The Kier molecular flexibility index (Phi) is 4.05. The van der Waals surface area contributed by atoms with Gasteiger partial charge >= 0.3 is 0 Å². The molecule has 1 aromatic carbocycles. The Morgan fingerprint density at radius 1 is 1.28 bits per heavy atom. The van der Waals surface area contributed by atoms with Crippen LogP contribution in [0, 0.1) is 6.92 Å². The zero-order valence-electron chi connectivity index (χ0n) is 11.0. The van der Waals surface area contributed by atoms with Crippen LogP contribution < -0.4 is 10.5 Å². The quantitative estimate of drug-likeness (QED) is 0.877. The van der Waals surface area contributed by atoms with E-state index in [4.69, 9.17) is 10.5 Å². The zero-order valence-corrected chi connectivity index (χ0v) is 11.0. The smallest absolute Gasteiger partial charge is 0.123 e. The van der Waals surface area contributed by atoms with E-state index >= 15 is 0 Å². The summed E-state index contributed by atoms with van der Waals surface area (Å²) in [5.41, 5.74) is 9.34. The third kappa shape index (κ3) is 2.74. The van der Waals surface area contributed by atoms with Crippen molar-refractivity contribution in [3.05, 3.63) is 53.3 Å². The molecule has 0 saturated carbocycles. The summed E-state index contributed by atoms with van der Waals surface area (Å²) in [7, 11) is 1.71. The fourth-order valence-electron chi connectivity index (χ4n) is 2.19. The average molecular weight is 244 g/mol. The normalized spacial score (nSPS) is 10.6. The van der Waals surface area contributed by atoms with Gasteiger partial charge in [-0.05, 0) is 38.1 Å². The molecule has 3 heteroatoms. The highest BCUT2D eigenvalue weighted by molar-refractivity contribution is 5.37. The summed E-state index contributed by atoms with van der Waals surface area (Å²) in [6.45, 7) is 3.60. The van der Waals surface area contributed by atoms with Crippen molar-refractivity contribution in [2.75, 3.05) is 13.7 Å². The van der Waals surface area contributed by atoms with Crippen LogP contribution in [0.15, 0.2) is 36.5 Å². The molecule has 2 N–H and O–H groups in total. The molecule has 0 bridgehead atoms. The first-order valence-electron chi connectivity index (χ1n) is 6.22. The van der Waals surface area contributed by atoms with Gasteiger partial charge in [0.15, 0.2) is 0 Å². The lowest BCUT2D eigenvalue weighted by Crippen LogP contribution is -2.09. The highest BCUT2D eigenvalue weighted by atomic mass is 16.5. The molecule has 0 aliphatic rings. The van der Waals surface area contributed by atoms with E-state index in [2.05, 4.69) is 42.0 Å². The monoisotopic (exact) mass is 244 g/mol. The molecule has 2 rings (SSSR count). The van der Waals surface area contributed by atoms with Gasteiger partial charge in [0.25, 0.3) is 0 Å². The van der Waals surface area contributed by atoms with Gasteiger partial charge in [-0.15, -0.1) is 0 Å². The van der Waals surface area contributed by atoms with Crippen LogP contribution in [0.1, 0.15) is 16.8 Å². The molecule has 0 unspecified atom stereocenters. The number of hydrogen-bond acceptors (Lipinski definition) is 2. The van der Waals surface area contributed by atoms with Crippen molar-refractivity contribution in [1.82, 2.24) is 4.57 Å². The van der Waals surface area contributed by atoms with E-state index in [1.807, 2.05) is 6.07 Å². The summed E-state index contributed by atoms with van der Waals surface area (Å²) < 4.78 is 7.64. The zero-order chi connectivity index (χ0) is 13.0. The molecule has 1 aromatic heterocycles. The Morgan fingerprint density at radius 3 is 2.83 bits per heavy atom. The van der Waals surface area contributed by atoms with E-state index < -0.39 is 0 Å². The summed E-state index contributed by atoms with van der Waals surface area (Å²) in [4.78, 5) is 0. The second kappa shape index (κ2) is 5.74. The molecule has 3 nitrogen and oxygen atoms in total. The Morgan fingerprint density at radius 2 is 2.11 bits per heavy atom. The van der Waals surface area contributed by atoms with Gasteiger partial charge in [-0.2, -0.15) is 0 Å². The number of aryl methyl sites for hydroxylation is 1. The van der Waals surface area contributed by atoms with Gasteiger partial charge < -0.3 is 15.0 Å². The van der Waals surface area contributed by atoms with Crippen LogP contribution in [-0.2, 0) is 13.0 Å². The standard InChI is InChI=1S/C15H20N2O/c1-12-5-6-15(18-2)13(10-12)11-17-9-3-4-14(17)7-8-16/h3-6,9-10H,7-8,11,16H2,1-2H3. The number of benzene rings is 1. The van der Waals surface area contributed by atoms with Crippen molar-refractivity contribution in [2.24, 2.45) is 5.73 Å². The minimum atomic E-state index is 0.676. The van der Waals surface area contributed by atoms with E-state index in [0.717, 1.165) is 18.7 Å². The first kappa shape index (κ1) is 12.7. The average Bonchev–Trinajstić information content (AvgIpc) is 2.78. The second-order valence-electron chi connectivity index (χ2n) is 4.48. The van der Waals surface area contributed by atoms with Crippen LogP contribution in [0.2, 0.25) is 0 Å². The maximum atomic E-state index is 5.62. The van der Waals surface area contributed by atoms with Gasteiger partial charge in [0.05, 0.1) is 13.7 Å². The molecule has 0 saturated heterocycles. The van der Waals surface area contributed by atoms with Crippen molar-refractivity contribution >= 4 is 0 Å². The van der Waals surface area contributed by atoms with E-state index in [9.17, 15) is 0 Å². The summed E-state index contributed by atoms with van der Waals surface area (Å²) >= 11 is 0. The SMILES string of the molecule is COc1ccc(C)cc1Cn1cccc1CCN. The predicted octanol–water partition coefficient (Wildman–Crippen LogP) is 2.35. The summed E-state index contributed by atoms with van der Waals surface area (Å²) in [6, 6.07) is 10.4. The summed E-state index contributed by atoms with van der Waals surface area (Å²) in [5.74, 6) is 0.938. The summed E-state index contributed by atoms with van der Waals surface area (Å²) in [5, 5.41) is 0. The van der Waals surface area contributed by atoms with Gasteiger partial charge in [0, 0.05) is 17.5 Å². The lowest BCUT2D eigenvalue weighted by atomic mass is 10.1. The van der Waals surface area contributed by atoms with Crippen molar-refractivity contribution in [2.45, 2.75) is 19.9 Å². The number of nitrogens with two attached hydrogens (primary N) is 1. The molecule has 18 heavy (non-hydrogen) atoms.